The van der Waals surface area contributed by atoms with E-state index in [9.17, 15) is 15.2 Å². The summed E-state index contributed by atoms with van der Waals surface area (Å²) in [5.74, 6) is -0.119. The van der Waals surface area contributed by atoms with Gasteiger partial charge in [0.15, 0.2) is 0 Å². The summed E-state index contributed by atoms with van der Waals surface area (Å²) in [5.41, 5.74) is 3.71. The lowest BCUT2D eigenvalue weighted by molar-refractivity contribution is -0.384. The predicted octanol–water partition coefficient (Wildman–Crippen LogP) is 4.09. The molecule has 0 aliphatic heterocycles. The maximum atomic E-state index is 11.0. The molecule has 5 heteroatoms. The van der Waals surface area contributed by atoms with Crippen LogP contribution < -0.4 is 5.32 Å². The Hall–Kier alpha value is -2.56. The second-order valence-electron chi connectivity index (χ2n) is 5.17. The highest BCUT2D eigenvalue weighted by molar-refractivity contribution is 5.64. The number of hydrogen-bond acceptors (Lipinski definition) is 4. The van der Waals surface area contributed by atoms with Crippen molar-refractivity contribution in [2.75, 3.05) is 5.32 Å². The van der Waals surface area contributed by atoms with E-state index in [0.29, 0.717) is 5.69 Å². The first-order valence-corrected chi connectivity index (χ1v) is 6.69. The molecule has 0 saturated carbocycles. The van der Waals surface area contributed by atoms with Crippen LogP contribution in [0.4, 0.5) is 11.4 Å². The van der Waals surface area contributed by atoms with Crippen LogP contribution >= 0.6 is 0 Å². The van der Waals surface area contributed by atoms with Gasteiger partial charge >= 0.3 is 0 Å². The molecule has 2 aromatic rings. The number of aryl methyl sites for hydroxylation is 2. The fourth-order valence-electron chi connectivity index (χ4n) is 2.14. The number of nitrogens with zero attached hydrogens (tertiary/aromatic N) is 1. The molecule has 0 radical (unpaired) electrons. The number of nitro groups is 1. The van der Waals surface area contributed by atoms with Crippen molar-refractivity contribution in [2.45, 2.75) is 26.8 Å². The lowest BCUT2D eigenvalue weighted by Gasteiger charge is -2.17. The second kappa shape index (κ2) is 5.83. The van der Waals surface area contributed by atoms with Crippen molar-refractivity contribution in [1.29, 1.82) is 0 Å². The molecule has 0 saturated heterocycles. The number of aromatic hydroxyl groups is 1. The van der Waals surface area contributed by atoms with E-state index in [4.69, 9.17) is 0 Å². The first-order chi connectivity index (χ1) is 9.88. The van der Waals surface area contributed by atoms with E-state index < -0.39 is 4.92 Å². The summed E-state index contributed by atoms with van der Waals surface area (Å²) in [6, 6.07) is 10.1. The van der Waals surface area contributed by atoms with Gasteiger partial charge in [-0.1, -0.05) is 18.2 Å². The molecule has 0 spiro atoms. The summed E-state index contributed by atoms with van der Waals surface area (Å²) in [6.07, 6.45) is 0. The van der Waals surface area contributed by atoms with Crippen molar-refractivity contribution >= 4 is 11.4 Å². The Bertz CT molecular complexity index is 683. The lowest BCUT2D eigenvalue weighted by Crippen LogP contribution is -2.08. The Morgan fingerprint density at radius 1 is 1.14 bits per heavy atom. The Labute approximate surface area is 123 Å². The highest BCUT2D eigenvalue weighted by Gasteiger charge is 2.17. The normalized spacial score (nSPS) is 12.0. The molecule has 0 aliphatic rings. The molecule has 1 unspecified atom stereocenters. The van der Waals surface area contributed by atoms with Crippen LogP contribution in [-0.4, -0.2) is 10.0 Å². The first-order valence-electron chi connectivity index (χ1n) is 6.69. The monoisotopic (exact) mass is 286 g/mol. The molecule has 110 valence electrons. The van der Waals surface area contributed by atoms with Gasteiger partial charge in [-0.15, -0.1) is 0 Å². The number of nitrogens with one attached hydrogen (secondary N) is 1. The lowest BCUT2D eigenvalue weighted by atomic mass is 10.0. The number of phenolic OH excluding ortho intramolecular Hbond substituents is 1. The van der Waals surface area contributed by atoms with Crippen LogP contribution in [0, 0.1) is 24.0 Å². The van der Waals surface area contributed by atoms with Crippen LogP contribution in [0.1, 0.15) is 29.7 Å². The van der Waals surface area contributed by atoms with Gasteiger partial charge < -0.3 is 10.4 Å². The molecule has 0 heterocycles. The molecule has 2 rings (SSSR count). The minimum atomic E-state index is -0.505. The van der Waals surface area contributed by atoms with Crippen molar-refractivity contribution in [3.05, 3.63) is 63.2 Å². The summed E-state index contributed by atoms with van der Waals surface area (Å²) < 4.78 is 0. The van der Waals surface area contributed by atoms with E-state index in [-0.39, 0.29) is 17.5 Å². The van der Waals surface area contributed by atoms with Gasteiger partial charge in [-0.05, 0) is 49.6 Å². The molecule has 0 amide bonds. The van der Waals surface area contributed by atoms with Gasteiger partial charge in [-0.25, -0.2) is 0 Å². The minimum Gasteiger partial charge on any atom is -0.508 e. The molecule has 5 nitrogen and oxygen atoms in total. The van der Waals surface area contributed by atoms with Gasteiger partial charge in [0.25, 0.3) is 5.69 Å². The number of benzene rings is 2. The topological polar surface area (TPSA) is 75.4 Å². The first kappa shape index (κ1) is 14.8. The summed E-state index contributed by atoms with van der Waals surface area (Å²) >= 11 is 0. The van der Waals surface area contributed by atoms with E-state index in [1.807, 2.05) is 32.9 Å². The van der Waals surface area contributed by atoms with Crippen molar-refractivity contribution in [2.24, 2.45) is 0 Å². The highest BCUT2D eigenvalue weighted by atomic mass is 16.6. The van der Waals surface area contributed by atoms with E-state index in [2.05, 4.69) is 11.4 Å². The van der Waals surface area contributed by atoms with E-state index in [1.165, 1.54) is 23.3 Å². The zero-order valence-corrected chi connectivity index (χ0v) is 12.3. The molecular weight excluding hydrogens is 268 g/mol. The van der Waals surface area contributed by atoms with Crippen LogP contribution in [-0.2, 0) is 0 Å². The number of phenols is 1. The molecule has 0 aromatic heterocycles. The minimum absolute atomic E-state index is 0.0763. The molecule has 0 bridgehead atoms. The highest BCUT2D eigenvalue weighted by Crippen LogP contribution is 2.31. The molecule has 2 N–H and O–H groups in total. The van der Waals surface area contributed by atoms with Gasteiger partial charge in [0, 0.05) is 6.04 Å². The predicted molar refractivity (Wildman–Crippen MR) is 82.7 cm³/mol. The number of rotatable bonds is 4. The van der Waals surface area contributed by atoms with Crippen molar-refractivity contribution in [3.8, 4) is 5.75 Å². The van der Waals surface area contributed by atoms with Crippen molar-refractivity contribution in [1.82, 2.24) is 0 Å². The maximum Gasteiger partial charge on any atom is 0.296 e. The summed E-state index contributed by atoms with van der Waals surface area (Å²) in [4.78, 5) is 10.5. The summed E-state index contributed by atoms with van der Waals surface area (Å²) in [7, 11) is 0. The van der Waals surface area contributed by atoms with Crippen molar-refractivity contribution < 1.29 is 10.0 Å². The van der Waals surface area contributed by atoms with Gasteiger partial charge in [-0.2, -0.15) is 0 Å². The molecule has 0 aliphatic carbocycles. The van der Waals surface area contributed by atoms with E-state index >= 15 is 0 Å². The average Bonchev–Trinajstić information content (AvgIpc) is 2.43. The second-order valence-corrected chi connectivity index (χ2v) is 5.17. The smallest absolute Gasteiger partial charge is 0.296 e. The molecule has 1 atom stereocenters. The number of anilines is 1. The third-order valence-electron chi connectivity index (χ3n) is 3.58. The maximum absolute atomic E-state index is 11.0. The quantitative estimate of drug-likeness (QED) is 0.504. The summed E-state index contributed by atoms with van der Waals surface area (Å²) in [5, 5.41) is 23.5. The fourth-order valence-corrected chi connectivity index (χ4v) is 2.14. The molecular formula is C16H18N2O3. The average molecular weight is 286 g/mol. The summed E-state index contributed by atoms with van der Waals surface area (Å²) in [6.45, 7) is 6.03. The zero-order chi connectivity index (χ0) is 15.6. The Morgan fingerprint density at radius 3 is 2.48 bits per heavy atom. The van der Waals surface area contributed by atoms with Gasteiger partial charge in [0.05, 0.1) is 11.0 Å². The third kappa shape index (κ3) is 3.31. The Kier molecular flexibility index (Phi) is 4.12. The van der Waals surface area contributed by atoms with Crippen molar-refractivity contribution in [3.63, 3.8) is 0 Å². The Morgan fingerprint density at radius 2 is 1.86 bits per heavy atom. The molecule has 0 fully saturated rings. The number of nitro benzene ring substituents is 1. The van der Waals surface area contributed by atoms with E-state index in [0.717, 1.165) is 11.6 Å². The van der Waals surface area contributed by atoms with Crippen LogP contribution in [0.3, 0.4) is 0 Å². The molecule has 21 heavy (non-hydrogen) atoms. The standard InChI is InChI=1S/C16H18N2O3/c1-10-4-5-13(8-11(10)2)12(3)17-15-7-6-14(19)9-16(15)18(20)21/h4-9,12,17,19H,1-3H3. The largest absolute Gasteiger partial charge is 0.508 e. The van der Waals surface area contributed by atoms with Crippen LogP contribution in [0.2, 0.25) is 0 Å². The third-order valence-corrected chi connectivity index (χ3v) is 3.58. The fraction of sp³-hybridized carbons (Fsp3) is 0.250. The van der Waals surface area contributed by atoms with Crippen LogP contribution in [0.25, 0.3) is 0 Å². The number of hydrogen-bond donors (Lipinski definition) is 2. The van der Waals surface area contributed by atoms with Gasteiger partial charge in [0.1, 0.15) is 11.4 Å². The van der Waals surface area contributed by atoms with Gasteiger partial charge in [-0.3, -0.25) is 10.1 Å². The zero-order valence-electron chi connectivity index (χ0n) is 12.3. The SMILES string of the molecule is Cc1ccc(C(C)Nc2ccc(O)cc2[N+](=O)[O-])cc1C. The van der Waals surface area contributed by atoms with E-state index in [1.54, 1.807) is 0 Å². The van der Waals surface area contributed by atoms with Crippen LogP contribution in [0.5, 0.6) is 5.75 Å². The van der Waals surface area contributed by atoms with Gasteiger partial charge in [0.2, 0.25) is 0 Å². The Balaban J connectivity index is 2.29. The van der Waals surface area contributed by atoms with Crippen LogP contribution in [0.15, 0.2) is 36.4 Å². The molecule has 2 aromatic carbocycles.